The molecule has 0 aliphatic carbocycles. The van der Waals surface area contributed by atoms with Crippen LogP contribution in [0.1, 0.15) is 25.7 Å². The summed E-state index contributed by atoms with van der Waals surface area (Å²) in [6, 6.07) is 5.91. The third-order valence-electron chi connectivity index (χ3n) is 2.51. The van der Waals surface area contributed by atoms with Gasteiger partial charge in [0.1, 0.15) is 6.54 Å². The molecule has 1 amide bonds. The Balaban J connectivity index is 0.00000324. The molecule has 0 atom stereocenters. The maximum Gasteiger partial charge on any atom is 0.305 e. The molecule has 0 aliphatic rings. The van der Waals surface area contributed by atoms with Crippen LogP contribution in [-0.2, 0) is 16.1 Å². The van der Waals surface area contributed by atoms with Crippen molar-refractivity contribution >= 4 is 11.9 Å². The molecule has 0 saturated heterocycles. The van der Waals surface area contributed by atoms with Gasteiger partial charge < -0.3 is 27.4 Å². The zero-order valence-electron chi connectivity index (χ0n) is 10.7. The summed E-state index contributed by atoms with van der Waals surface area (Å²) in [5, 5.41) is 11.0. The van der Waals surface area contributed by atoms with Crippen LogP contribution >= 0.6 is 0 Å². The molecular weight excluding hydrogens is 312 g/mol. The summed E-state index contributed by atoms with van der Waals surface area (Å²) in [6.45, 7) is 1.10. The summed E-state index contributed by atoms with van der Waals surface area (Å²) in [4.78, 5) is 21.6. The first-order chi connectivity index (χ1) is 8.68. The summed E-state index contributed by atoms with van der Waals surface area (Å²) < 4.78 is 2.07. The summed E-state index contributed by atoms with van der Waals surface area (Å²) in [5.41, 5.74) is 0. The number of aryl methyl sites for hydroxylation is 1. The first kappa shape index (κ1) is 17.6. The second-order valence-electron chi connectivity index (χ2n) is 4.06. The highest BCUT2D eigenvalue weighted by Gasteiger charge is 2.04. The van der Waals surface area contributed by atoms with E-state index in [1.54, 1.807) is 0 Å². The predicted molar refractivity (Wildman–Crippen MR) is 65.8 cm³/mol. The lowest BCUT2D eigenvalue weighted by Crippen LogP contribution is -3.00. The Morgan fingerprint density at radius 2 is 1.74 bits per heavy atom. The summed E-state index contributed by atoms with van der Waals surface area (Å²) in [5.74, 6) is -0.968. The highest BCUT2D eigenvalue weighted by molar-refractivity contribution is 5.76. The van der Waals surface area contributed by atoms with Gasteiger partial charge in [-0.05, 0) is 6.42 Å². The van der Waals surface area contributed by atoms with Crippen LogP contribution < -0.4 is 26.9 Å². The number of halogens is 1. The summed E-state index contributed by atoms with van der Waals surface area (Å²) in [7, 11) is 0. The van der Waals surface area contributed by atoms with Gasteiger partial charge in [-0.2, -0.15) is 0 Å². The Kier molecular flexibility index (Phi) is 9.70. The number of carbonyl (C=O) groups excluding carboxylic acids is 1. The first-order valence-corrected chi connectivity index (χ1v) is 6.11. The molecule has 106 valence electrons. The number of pyridine rings is 1. The van der Waals surface area contributed by atoms with Gasteiger partial charge in [-0.1, -0.05) is 6.07 Å². The number of unbranched alkanes of at least 4 members (excludes halogenated alkanes) is 1. The van der Waals surface area contributed by atoms with E-state index in [9.17, 15) is 9.59 Å². The van der Waals surface area contributed by atoms with E-state index in [4.69, 9.17) is 5.11 Å². The zero-order valence-corrected chi connectivity index (χ0v) is 12.3. The zero-order chi connectivity index (χ0) is 13.2. The summed E-state index contributed by atoms with van der Waals surface area (Å²) in [6.07, 6.45) is 6.15. The minimum atomic E-state index is -0.893. The molecule has 1 aromatic rings. The molecule has 0 fully saturated rings. The van der Waals surface area contributed by atoms with Crippen LogP contribution in [0.25, 0.3) is 0 Å². The smallest absolute Gasteiger partial charge is 0.305 e. The van der Waals surface area contributed by atoms with Gasteiger partial charge in [-0.15, -0.1) is 0 Å². The van der Waals surface area contributed by atoms with Crippen molar-refractivity contribution in [3.63, 3.8) is 0 Å². The van der Waals surface area contributed by atoms with E-state index in [1.165, 1.54) is 0 Å². The Hall–Kier alpha value is -1.43. The third kappa shape index (κ3) is 9.18. The Morgan fingerprint density at radius 1 is 1.05 bits per heavy atom. The number of nitrogens with one attached hydrogen (secondary N) is 1. The topological polar surface area (TPSA) is 70.3 Å². The second-order valence-corrected chi connectivity index (χ2v) is 4.06. The van der Waals surface area contributed by atoms with E-state index >= 15 is 0 Å². The molecule has 0 radical (unpaired) electrons. The Labute approximate surface area is 123 Å². The van der Waals surface area contributed by atoms with Crippen LogP contribution in [0.2, 0.25) is 0 Å². The van der Waals surface area contributed by atoms with Gasteiger partial charge in [0.25, 0.3) is 0 Å². The molecule has 5 nitrogen and oxygen atoms in total. The van der Waals surface area contributed by atoms with Crippen molar-refractivity contribution in [2.24, 2.45) is 0 Å². The number of rotatable bonds is 8. The summed E-state index contributed by atoms with van der Waals surface area (Å²) >= 11 is 0. The van der Waals surface area contributed by atoms with Gasteiger partial charge in [0.05, 0.1) is 6.42 Å². The number of hydrogen-bond acceptors (Lipinski definition) is 2. The molecule has 6 heteroatoms. The van der Waals surface area contributed by atoms with Gasteiger partial charge in [0, 0.05) is 31.5 Å². The number of carboxylic acids is 1. The lowest BCUT2D eigenvalue weighted by molar-refractivity contribution is -0.697. The normalized spacial score (nSPS) is 9.47. The molecule has 1 aromatic heterocycles. The van der Waals surface area contributed by atoms with Gasteiger partial charge in [-0.3, -0.25) is 9.59 Å². The lowest BCUT2D eigenvalue weighted by atomic mass is 10.2. The van der Waals surface area contributed by atoms with Gasteiger partial charge in [0.2, 0.25) is 5.91 Å². The maximum atomic E-state index is 11.3. The molecule has 0 aromatic carbocycles. The van der Waals surface area contributed by atoms with Crippen LogP contribution in [0, 0.1) is 0 Å². The molecule has 1 rings (SSSR count). The molecule has 0 bridgehead atoms. The number of nitrogens with zero attached hydrogens (tertiary/aromatic N) is 1. The second kappa shape index (κ2) is 10.5. The van der Waals surface area contributed by atoms with Crippen LogP contribution in [0.5, 0.6) is 0 Å². The van der Waals surface area contributed by atoms with E-state index in [0.717, 1.165) is 19.4 Å². The molecule has 19 heavy (non-hydrogen) atoms. The fraction of sp³-hybridized carbons (Fsp3) is 0.462. The largest absolute Gasteiger partial charge is 1.00 e. The van der Waals surface area contributed by atoms with E-state index in [-0.39, 0.29) is 35.9 Å². The SMILES string of the molecule is O=C(O)CCNC(=O)CCCC[n+]1ccccc1.[Br-]. The average Bonchev–Trinajstić information content (AvgIpc) is 2.35. The minimum absolute atomic E-state index is 0. The van der Waals surface area contributed by atoms with E-state index in [2.05, 4.69) is 9.88 Å². The molecular formula is C13H19BrN2O3. The maximum absolute atomic E-state index is 11.3. The van der Waals surface area contributed by atoms with E-state index < -0.39 is 5.97 Å². The van der Waals surface area contributed by atoms with Gasteiger partial charge in [0.15, 0.2) is 12.4 Å². The van der Waals surface area contributed by atoms with Crippen molar-refractivity contribution in [1.82, 2.24) is 5.32 Å². The van der Waals surface area contributed by atoms with Crippen molar-refractivity contribution in [3.05, 3.63) is 30.6 Å². The van der Waals surface area contributed by atoms with Crippen molar-refractivity contribution < 1.29 is 36.2 Å². The molecule has 0 aliphatic heterocycles. The van der Waals surface area contributed by atoms with Gasteiger partial charge >= 0.3 is 5.97 Å². The van der Waals surface area contributed by atoms with Crippen molar-refractivity contribution in [3.8, 4) is 0 Å². The number of aliphatic carboxylic acids is 1. The first-order valence-electron chi connectivity index (χ1n) is 6.11. The molecule has 2 N–H and O–H groups in total. The Bertz CT molecular complexity index is 385. The quantitative estimate of drug-likeness (QED) is 0.417. The van der Waals surface area contributed by atoms with Crippen LogP contribution in [0.15, 0.2) is 30.6 Å². The number of amides is 1. The standard InChI is InChI=1S/C13H18N2O3.BrH/c16-12(14-8-7-13(17)18)6-2-5-11-15-9-3-1-4-10-15;/h1,3-4,9-10H,2,5-8,11H2,(H-,14,16,17,18);1H. The van der Waals surface area contributed by atoms with Crippen LogP contribution in [0.4, 0.5) is 0 Å². The highest BCUT2D eigenvalue weighted by atomic mass is 79.9. The van der Waals surface area contributed by atoms with Crippen molar-refractivity contribution in [2.45, 2.75) is 32.2 Å². The Morgan fingerprint density at radius 3 is 2.37 bits per heavy atom. The van der Waals surface area contributed by atoms with Crippen molar-refractivity contribution in [2.75, 3.05) is 6.54 Å². The predicted octanol–water partition coefficient (Wildman–Crippen LogP) is -2.26. The monoisotopic (exact) mass is 330 g/mol. The van der Waals surface area contributed by atoms with Gasteiger partial charge in [-0.25, -0.2) is 4.57 Å². The molecule has 0 spiro atoms. The highest BCUT2D eigenvalue weighted by Crippen LogP contribution is 1.95. The number of aromatic nitrogens is 1. The van der Waals surface area contributed by atoms with E-state index in [1.807, 2.05) is 30.6 Å². The van der Waals surface area contributed by atoms with Crippen LogP contribution in [-0.4, -0.2) is 23.5 Å². The number of hydrogen-bond donors (Lipinski definition) is 2. The van der Waals surface area contributed by atoms with E-state index in [0.29, 0.717) is 6.42 Å². The molecule has 1 heterocycles. The third-order valence-corrected chi connectivity index (χ3v) is 2.51. The average molecular weight is 331 g/mol. The fourth-order valence-corrected chi connectivity index (χ4v) is 1.56. The molecule has 0 saturated carbocycles. The van der Waals surface area contributed by atoms with Crippen LogP contribution in [0.3, 0.4) is 0 Å². The fourth-order valence-electron chi connectivity index (χ4n) is 1.56. The number of carbonyl (C=O) groups is 2. The lowest BCUT2D eigenvalue weighted by Gasteiger charge is -2.02. The van der Waals surface area contributed by atoms with Crippen molar-refractivity contribution in [1.29, 1.82) is 0 Å². The number of carboxylic acid groups (broad SMARTS) is 1. The minimum Gasteiger partial charge on any atom is -1.00 e. The molecule has 0 unspecified atom stereocenters.